The van der Waals surface area contributed by atoms with Gasteiger partial charge >= 0.3 is 0 Å². The van der Waals surface area contributed by atoms with Crippen molar-refractivity contribution in [3.8, 4) is 5.75 Å². The molecule has 0 aliphatic heterocycles. The van der Waals surface area contributed by atoms with Crippen LogP contribution in [0.2, 0.25) is 0 Å². The largest absolute Gasteiger partial charge is 0.508 e. The highest BCUT2D eigenvalue weighted by molar-refractivity contribution is 5.85. The third kappa shape index (κ3) is 5.45. The zero-order valence-corrected chi connectivity index (χ0v) is 16.9. The van der Waals surface area contributed by atoms with Crippen LogP contribution in [-0.2, 0) is 16.9 Å². The molecule has 2 aromatic carbocycles. The second-order valence-corrected chi connectivity index (χ2v) is 7.63. The first-order valence-electron chi connectivity index (χ1n) is 9.29. The molecule has 0 bridgehead atoms. The lowest BCUT2D eigenvalue weighted by Gasteiger charge is -2.44. The Bertz CT molecular complexity index is 710. The number of aromatic hydroxyl groups is 1. The normalized spacial score (nSPS) is 25.2. The molecule has 0 aromatic heterocycles. The van der Waals surface area contributed by atoms with Gasteiger partial charge in [0, 0.05) is 12.5 Å². The van der Waals surface area contributed by atoms with E-state index in [4.69, 9.17) is 4.74 Å². The van der Waals surface area contributed by atoms with Crippen LogP contribution in [0.25, 0.3) is 0 Å². The Morgan fingerprint density at radius 1 is 1.11 bits per heavy atom. The highest BCUT2D eigenvalue weighted by atomic mass is 35.5. The Balaban J connectivity index is 0.00000261. The van der Waals surface area contributed by atoms with Crippen LogP contribution in [0.1, 0.15) is 30.4 Å². The Morgan fingerprint density at radius 3 is 2.52 bits per heavy atom. The summed E-state index contributed by atoms with van der Waals surface area (Å²) in [4.78, 5) is 2.11. The standard InChI is InChI=1S/C22H29NO3.ClH/c1-23(2)15-19-14-21(26-16-17-7-4-3-5-8-17)11-12-22(19,25)18-9-6-10-20(24)13-18;/h3-10,13,19,21,24-25H,11-12,14-16H2,1-2H3;1H. The zero-order valence-electron chi connectivity index (χ0n) is 16.0. The van der Waals surface area contributed by atoms with E-state index in [0.29, 0.717) is 13.0 Å². The Hall–Kier alpha value is -1.59. The minimum Gasteiger partial charge on any atom is -0.508 e. The highest BCUT2D eigenvalue weighted by Crippen LogP contribution is 2.43. The quantitative estimate of drug-likeness (QED) is 0.782. The van der Waals surface area contributed by atoms with E-state index in [9.17, 15) is 10.2 Å². The molecule has 0 saturated heterocycles. The lowest BCUT2D eigenvalue weighted by molar-refractivity contribution is -0.110. The molecule has 4 nitrogen and oxygen atoms in total. The van der Waals surface area contributed by atoms with E-state index >= 15 is 0 Å². The number of rotatable bonds is 6. The van der Waals surface area contributed by atoms with Gasteiger partial charge in [-0.3, -0.25) is 0 Å². The van der Waals surface area contributed by atoms with Crippen LogP contribution < -0.4 is 0 Å². The van der Waals surface area contributed by atoms with E-state index in [1.165, 1.54) is 5.56 Å². The molecule has 2 N–H and O–H groups in total. The van der Waals surface area contributed by atoms with E-state index in [2.05, 4.69) is 17.0 Å². The molecule has 3 unspecified atom stereocenters. The minimum atomic E-state index is -0.935. The molecule has 1 aliphatic rings. The summed E-state index contributed by atoms with van der Waals surface area (Å²) < 4.78 is 6.15. The summed E-state index contributed by atoms with van der Waals surface area (Å²) in [5.74, 6) is 0.246. The number of aliphatic hydroxyl groups is 1. The molecule has 0 amide bonds. The van der Waals surface area contributed by atoms with Crippen molar-refractivity contribution < 1.29 is 14.9 Å². The SMILES string of the molecule is CN(C)CC1CC(OCc2ccccc2)CCC1(O)c1cccc(O)c1.Cl. The van der Waals surface area contributed by atoms with Crippen molar-refractivity contribution in [2.24, 2.45) is 5.92 Å². The average molecular weight is 392 g/mol. The van der Waals surface area contributed by atoms with Crippen molar-refractivity contribution in [2.45, 2.75) is 37.6 Å². The minimum absolute atomic E-state index is 0. The maximum Gasteiger partial charge on any atom is 0.115 e. The smallest absolute Gasteiger partial charge is 0.115 e. The molecule has 1 fully saturated rings. The first-order valence-corrected chi connectivity index (χ1v) is 9.29. The van der Waals surface area contributed by atoms with Crippen molar-refractivity contribution >= 4 is 12.4 Å². The van der Waals surface area contributed by atoms with Gasteiger partial charge in [-0.15, -0.1) is 12.4 Å². The van der Waals surface area contributed by atoms with Gasteiger partial charge in [-0.2, -0.15) is 0 Å². The van der Waals surface area contributed by atoms with Gasteiger partial charge in [0.2, 0.25) is 0 Å². The summed E-state index contributed by atoms with van der Waals surface area (Å²) in [6, 6.07) is 17.2. The fourth-order valence-electron chi connectivity index (χ4n) is 3.98. The second kappa shape index (κ2) is 9.56. The average Bonchev–Trinajstić information content (AvgIpc) is 2.63. The predicted molar refractivity (Wildman–Crippen MR) is 110 cm³/mol. The zero-order chi connectivity index (χ0) is 18.6. The second-order valence-electron chi connectivity index (χ2n) is 7.63. The first-order chi connectivity index (χ1) is 12.5. The number of hydrogen-bond donors (Lipinski definition) is 2. The molecule has 0 spiro atoms. The molecule has 0 radical (unpaired) electrons. The highest BCUT2D eigenvalue weighted by Gasteiger charge is 2.44. The maximum atomic E-state index is 11.5. The van der Waals surface area contributed by atoms with Gasteiger partial charge in [-0.05, 0) is 56.6 Å². The van der Waals surface area contributed by atoms with Crippen molar-refractivity contribution in [3.63, 3.8) is 0 Å². The van der Waals surface area contributed by atoms with Crippen molar-refractivity contribution in [1.29, 1.82) is 0 Å². The van der Waals surface area contributed by atoms with Crippen LogP contribution in [0, 0.1) is 5.92 Å². The monoisotopic (exact) mass is 391 g/mol. The third-order valence-corrected chi connectivity index (χ3v) is 5.33. The van der Waals surface area contributed by atoms with Gasteiger partial charge < -0.3 is 19.8 Å². The van der Waals surface area contributed by atoms with E-state index in [1.807, 2.05) is 38.4 Å². The van der Waals surface area contributed by atoms with Crippen LogP contribution in [0.4, 0.5) is 0 Å². The number of phenols is 1. The molecule has 0 heterocycles. The molecule has 1 aliphatic carbocycles. The molecular weight excluding hydrogens is 362 g/mol. The van der Waals surface area contributed by atoms with Crippen LogP contribution >= 0.6 is 12.4 Å². The van der Waals surface area contributed by atoms with Crippen LogP contribution in [-0.4, -0.2) is 41.9 Å². The van der Waals surface area contributed by atoms with E-state index in [-0.39, 0.29) is 30.2 Å². The molecule has 3 rings (SSSR count). The van der Waals surface area contributed by atoms with Gasteiger partial charge in [0.15, 0.2) is 0 Å². The van der Waals surface area contributed by atoms with Crippen LogP contribution in [0.15, 0.2) is 54.6 Å². The Labute approximate surface area is 168 Å². The van der Waals surface area contributed by atoms with Gasteiger partial charge in [-0.25, -0.2) is 0 Å². The number of phenolic OH excluding ortho intramolecular Hbond substituents is 1. The Morgan fingerprint density at radius 2 is 1.85 bits per heavy atom. The van der Waals surface area contributed by atoms with Crippen LogP contribution in [0.3, 0.4) is 0 Å². The summed E-state index contributed by atoms with van der Waals surface area (Å²) in [5, 5.41) is 21.3. The number of hydrogen-bond acceptors (Lipinski definition) is 4. The fourth-order valence-corrected chi connectivity index (χ4v) is 3.98. The van der Waals surface area contributed by atoms with Crippen molar-refractivity contribution in [1.82, 2.24) is 4.90 Å². The number of nitrogens with zero attached hydrogens (tertiary/aromatic N) is 1. The molecule has 27 heavy (non-hydrogen) atoms. The number of benzene rings is 2. The van der Waals surface area contributed by atoms with Gasteiger partial charge in [0.1, 0.15) is 5.75 Å². The summed E-state index contributed by atoms with van der Waals surface area (Å²) in [6.45, 7) is 1.38. The van der Waals surface area contributed by atoms with Gasteiger partial charge in [0.25, 0.3) is 0 Å². The van der Waals surface area contributed by atoms with E-state index in [0.717, 1.165) is 24.9 Å². The predicted octanol–water partition coefficient (Wildman–Crippen LogP) is 3.95. The molecule has 2 aromatic rings. The molecule has 5 heteroatoms. The Kier molecular flexibility index (Phi) is 7.68. The lowest BCUT2D eigenvalue weighted by atomic mass is 9.70. The number of halogens is 1. The molecule has 148 valence electrons. The maximum absolute atomic E-state index is 11.5. The summed E-state index contributed by atoms with van der Waals surface area (Å²) in [7, 11) is 4.05. The van der Waals surface area contributed by atoms with Crippen molar-refractivity contribution in [3.05, 3.63) is 65.7 Å². The van der Waals surface area contributed by atoms with Gasteiger partial charge in [0.05, 0.1) is 18.3 Å². The summed E-state index contributed by atoms with van der Waals surface area (Å²) in [5.41, 5.74) is 1.03. The third-order valence-electron chi connectivity index (χ3n) is 5.33. The van der Waals surface area contributed by atoms with Crippen LogP contribution in [0.5, 0.6) is 5.75 Å². The first kappa shape index (κ1) is 21.7. The topological polar surface area (TPSA) is 52.9 Å². The van der Waals surface area contributed by atoms with Gasteiger partial charge in [-0.1, -0.05) is 42.5 Å². The summed E-state index contributed by atoms with van der Waals surface area (Å²) in [6.07, 6.45) is 2.38. The molecule has 1 saturated carbocycles. The molecular formula is C22H30ClNO3. The van der Waals surface area contributed by atoms with E-state index in [1.54, 1.807) is 18.2 Å². The number of ether oxygens (including phenoxy) is 1. The lowest BCUT2D eigenvalue weighted by Crippen LogP contribution is -2.46. The fraction of sp³-hybridized carbons (Fsp3) is 0.455. The van der Waals surface area contributed by atoms with Crippen molar-refractivity contribution in [2.75, 3.05) is 20.6 Å². The molecule has 3 atom stereocenters. The van der Waals surface area contributed by atoms with E-state index < -0.39 is 5.60 Å². The summed E-state index contributed by atoms with van der Waals surface area (Å²) >= 11 is 0.